The van der Waals surface area contributed by atoms with Gasteiger partial charge in [0.1, 0.15) is 0 Å². The van der Waals surface area contributed by atoms with Gasteiger partial charge in [-0.15, -0.1) is 0 Å². The summed E-state index contributed by atoms with van der Waals surface area (Å²) < 4.78 is 39.2. The quantitative estimate of drug-likeness (QED) is 0.875. The fourth-order valence-electron chi connectivity index (χ4n) is 2.14. The highest BCUT2D eigenvalue weighted by Crippen LogP contribution is 2.41. The molecule has 1 aliphatic heterocycles. The van der Waals surface area contributed by atoms with Crippen LogP contribution in [-0.2, 0) is 0 Å². The molecule has 1 heterocycles. The van der Waals surface area contributed by atoms with Crippen LogP contribution < -0.4 is 10.3 Å². The van der Waals surface area contributed by atoms with Gasteiger partial charge in [0, 0.05) is 37.5 Å². The Balaban J connectivity index is 2.33. The van der Waals surface area contributed by atoms with Crippen molar-refractivity contribution in [1.29, 1.82) is 0 Å². The number of carbonyl (C=O) groups is 1. The number of alkyl halides is 3. The van der Waals surface area contributed by atoms with E-state index in [-0.39, 0.29) is 16.3 Å². The van der Waals surface area contributed by atoms with Crippen molar-refractivity contribution < 1.29 is 23.1 Å². The summed E-state index contributed by atoms with van der Waals surface area (Å²) in [5.74, 6) is -0.983. The molecule has 1 amide bonds. The van der Waals surface area contributed by atoms with Crippen LogP contribution in [0.4, 0.5) is 18.9 Å². The first kappa shape index (κ1) is 16.2. The van der Waals surface area contributed by atoms with Gasteiger partial charge in [0.2, 0.25) is 0 Å². The maximum absolute atomic E-state index is 13.1. The molecule has 2 N–H and O–H groups in total. The molecule has 1 atom stereocenters. The zero-order valence-corrected chi connectivity index (χ0v) is 12.1. The molecule has 5 nitrogen and oxygen atoms in total. The van der Waals surface area contributed by atoms with E-state index in [1.165, 1.54) is 12.1 Å². The largest absolute Gasteiger partial charge is 0.438 e. The van der Waals surface area contributed by atoms with E-state index in [1.807, 2.05) is 0 Å². The van der Waals surface area contributed by atoms with Gasteiger partial charge in [-0.3, -0.25) is 10.2 Å². The molecule has 0 aliphatic carbocycles. The molecule has 120 valence electrons. The molecule has 0 spiro atoms. The predicted molar refractivity (Wildman–Crippen MR) is 74.8 cm³/mol. The molecule has 1 saturated heterocycles. The van der Waals surface area contributed by atoms with E-state index in [2.05, 4.69) is 12.0 Å². The van der Waals surface area contributed by atoms with Gasteiger partial charge in [-0.05, 0) is 24.3 Å². The summed E-state index contributed by atoms with van der Waals surface area (Å²) >= 11 is 0. The first-order valence-electron chi connectivity index (χ1n) is 6.42. The summed E-state index contributed by atoms with van der Waals surface area (Å²) in [6.07, 6.45) is -5.81. The lowest BCUT2D eigenvalue weighted by atomic mass is 10.1. The summed E-state index contributed by atoms with van der Waals surface area (Å²) in [7, 11) is 3.59. The van der Waals surface area contributed by atoms with Gasteiger partial charge < -0.3 is 10.0 Å². The Bertz CT molecular complexity index is 598. The smallest absolute Gasteiger partial charge is 0.378 e. The van der Waals surface area contributed by atoms with Crippen molar-refractivity contribution in [3.05, 3.63) is 42.1 Å². The molecule has 1 fully saturated rings. The SMILES string of the molecule is C=C1CC(O)(C(F)(F)F)N(C(=O)c2ccc(N(C)C)cc2)N1. The summed E-state index contributed by atoms with van der Waals surface area (Å²) in [5, 5.41) is 10.1. The number of hydrazine groups is 1. The van der Waals surface area contributed by atoms with Gasteiger partial charge in [0.05, 0.1) is 0 Å². The minimum absolute atomic E-state index is 0.0236. The third kappa shape index (κ3) is 2.61. The second-order valence-electron chi connectivity index (χ2n) is 5.29. The number of anilines is 1. The van der Waals surface area contributed by atoms with E-state index < -0.39 is 24.2 Å². The van der Waals surface area contributed by atoms with Crippen LogP contribution in [0, 0.1) is 0 Å². The second kappa shape index (κ2) is 5.20. The molecule has 0 bridgehead atoms. The summed E-state index contributed by atoms with van der Waals surface area (Å²) in [5.41, 5.74) is -0.377. The summed E-state index contributed by atoms with van der Waals surface area (Å²) in [6, 6.07) is 6.00. The second-order valence-corrected chi connectivity index (χ2v) is 5.29. The van der Waals surface area contributed by atoms with Gasteiger partial charge in [-0.25, -0.2) is 5.01 Å². The van der Waals surface area contributed by atoms with Crippen LogP contribution in [0.3, 0.4) is 0 Å². The molecule has 8 heteroatoms. The highest BCUT2D eigenvalue weighted by Gasteiger charge is 2.63. The van der Waals surface area contributed by atoms with Crippen molar-refractivity contribution in [2.75, 3.05) is 19.0 Å². The zero-order valence-electron chi connectivity index (χ0n) is 12.1. The molecule has 0 saturated carbocycles. The highest BCUT2D eigenvalue weighted by atomic mass is 19.4. The Morgan fingerprint density at radius 2 is 1.91 bits per heavy atom. The van der Waals surface area contributed by atoms with Crippen LogP contribution in [0.2, 0.25) is 0 Å². The Morgan fingerprint density at radius 3 is 2.36 bits per heavy atom. The Morgan fingerprint density at radius 1 is 1.36 bits per heavy atom. The van der Waals surface area contributed by atoms with Crippen LogP contribution in [0.25, 0.3) is 0 Å². The average Bonchev–Trinajstić information content (AvgIpc) is 2.74. The Hall–Kier alpha value is -2.22. The van der Waals surface area contributed by atoms with Crippen molar-refractivity contribution in [3.8, 4) is 0 Å². The fourth-order valence-corrected chi connectivity index (χ4v) is 2.14. The first-order valence-corrected chi connectivity index (χ1v) is 6.42. The number of aliphatic hydroxyl groups is 1. The van der Waals surface area contributed by atoms with Crippen LogP contribution in [0.1, 0.15) is 16.8 Å². The maximum atomic E-state index is 13.1. The predicted octanol–water partition coefficient (Wildman–Crippen LogP) is 1.87. The minimum Gasteiger partial charge on any atom is -0.378 e. The summed E-state index contributed by atoms with van der Waals surface area (Å²) in [6.45, 7) is 3.36. The number of carbonyl (C=O) groups excluding carboxylic acids is 1. The number of halogens is 3. The van der Waals surface area contributed by atoms with Crippen molar-refractivity contribution in [1.82, 2.24) is 10.4 Å². The molecule has 1 aliphatic rings. The van der Waals surface area contributed by atoms with Crippen LogP contribution in [0.15, 0.2) is 36.5 Å². The first-order chi connectivity index (χ1) is 10.1. The molecule has 0 aromatic heterocycles. The number of hydrogen-bond donors (Lipinski definition) is 2. The van der Waals surface area contributed by atoms with E-state index in [9.17, 15) is 23.1 Å². The Kier molecular flexibility index (Phi) is 3.82. The summed E-state index contributed by atoms with van der Waals surface area (Å²) in [4.78, 5) is 14.1. The standard InChI is InChI=1S/C14H16F3N3O2/c1-9-8-13(22,14(15,16)17)20(18-9)12(21)10-4-6-11(7-5-10)19(2)3/h4-7,18,22H,1,8H2,2-3H3. The molecule has 1 aromatic carbocycles. The topological polar surface area (TPSA) is 55.8 Å². The molecule has 1 aromatic rings. The third-order valence-corrected chi connectivity index (χ3v) is 3.39. The van der Waals surface area contributed by atoms with Crippen molar-refractivity contribution >= 4 is 11.6 Å². The van der Waals surface area contributed by atoms with Gasteiger partial charge >= 0.3 is 6.18 Å². The van der Waals surface area contributed by atoms with Gasteiger partial charge in [-0.2, -0.15) is 13.2 Å². The lowest BCUT2D eigenvalue weighted by molar-refractivity contribution is -0.299. The number of hydrogen-bond acceptors (Lipinski definition) is 4. The lowest BCUT2D eigenvalue weighted by Gasteiger charge is -2.33. The monoisotopic (exact) mass is 315 g/mol. The maximum Gasteiger partial charge on any atom is 0.438 e. The molecule has 2 rings (SSSR count). The third-order valence-electron chi connectivity index (χ3n) is 3.39. The molecule has 1 unspecified atom stereocenters. The fraction of sp³-hybridized carbons (Fsp3) is 0.357. The number of nitrogens with zero attached hydrogens (tertiary/aromatic N) is 2. The highest BCUT2D eigenvalue weighted by molar-refractivity contribution is 5.95. The number of nitrogens with one attached hydrogen (secondary N) is 1. The van der Waals surface area contributed by atoms with Gasteiger partial charge in [0.15, 0.2) is 0 Å². The van der Waals surface area contributed by atoms with E-state index >= 15 is 0 Å². The van der Waals surface area contributed by atoms with E-state index in [4.69, 9.17) is 0 Å². The number of amides is 1. The van der Waals surface area contributed by atoms with E-state index in [0.717, 1.165) is 5.69 Å². The van der Waals surface area contributed by atoms with Crippen LogP contribution in [0.5, 0.6) is 0 Å². The zero-order chi connectivity index (χ0) is 16.7. The normalized spacial score (nSPS) is 21.7. The van der Waals surface area contributed by atoms with Crippen molar-refractivity contribution in [3.63, 3.8) is 0 Å². The molecular weight excluding hydrogens is 299 g/mol. The average molecular weight is 315 g/mol. The van der Waals surface area contributed by atoms with Crippen LogP contribution >= 0.6 is 0 Å². The van der Waals surface area contributed by atoms with E-state index in [1.54, 1.807) is 31.1 Å². The van der Waals surface area contributed by atoms with Crippen molar-refractivity contribution in [2.24, 2.45) is 0 Å². The number of rotatable bonds is 2. The number of benzene rings is 1. The molecule has 0 radical (unpaired) electrons. The van der Waals surface area contributed by atoms with Gasteiger partial charge in [-0.1, -0.05) is 6.58 Å². The molecule has 22 heavy (non-hydrogen) atoms. The van der Waals surface area contributed by atoms with Crippen molar-refractivity contribution in [2.45, 2.75) is 18.3 Å². The van der Waals surface area contributed by atoms with Gasteiger partial charge in [0.25, 0.3) is 11.6 Å². The lowest BCUT2D eigenvalue weighted by Crippen LogP contribution is -2.59. The van der Waals surface area contributed by atoms with E-state index in [0.29, 0.717) is 0 Å². The Labute approximate surface area is 125 Å². The van der Waals surface area contributed by atoms with Crippen LogP contribution in [-0.4, -0.2) is 42.0 Å². The molecular formula is C14H16F3N3O2. The minimum atomic E-state index is -5.00.